The fourth-order valence-corrected chi connectivity index (χ4v) is 2.60. The van der Waals surface area contributed by atoms with Crippen LogP contribution >= 0.6 is 31.9 Å². The first-order chi connectivity index (χ1) is 12.0. The van der Waals surface area contributed by atoms with Crippen molar-refractivity contribution in [1.82, 2.24) is 9.97 Å². The number of hydrogen-bond acceptors (Lipinski definition) is 7. The lowest BCUT2D eigenvalue weighted by atomic mass is 10.3. The third kappa shape index (κ3) is 6.43. The number of hydrogen-bond donors (Lipinski definition) is 0. The number of rotatable bonds is 5. The molecule has 7 nitrogen and oxygen atoms in total. The van der Waals surface area contributed by atoms with E-state index in [1.807, 2.05) is 0 Å². The summed E-state index contributed by atoms with van der Waals surface area (Å²) in [6, 6.07) is 3.27. The topological polar surface area (TPSA) is 87.6 Å². The Labute approximate surface area is 162 Å². The maximum absolute atomic E-state index is 11.3. The standard InChI is InChI=1S/C9H10BrNO3.C7H6BrNO2/c1-3-14-9(12)6-4-7(10)8(13-2)11-5-6;1-11-7-6(8)2-5(4-10)3-9-7/h4-5H,3H2,1-2H3;2-4H,1H3. The lowest BCUT2D eigenvalue weighted by Gasteiger charge is -2.04. The van der Waals surface area contributed by atoms with Gasteiger partial charge in [0.05, 0.1) is 35.3 Å². The zero-order valence-corrected chi connectivity index (χ0v) is 17.0. The van der Waals surface area contributed by atoms with Crippen LogP contribution in [0.2, 0.25) is 0 Å². The van der Waals surface area contributed by atoms with Gasteiger partial charge in [-0.15, -0.1) is 0 Å². The molecule has 0 amide bonds. The van der Waals surface area contributed by atoms with Crippen molar-refractivity contribution in [3.05, 3.63) is 44.6 Å². The largest absolute Gasteiger partial charge is 0.480 e. The molecular weight excluding hydrogens is 460 g/mol. The van der Waals surface area contributed by atoms with Crippen molar-refractivity contribution in [2.24, 2.45) is 0 Å². The number of nitrogens with zero attached hydrogens (tertiary/aromatic N) is 2. The summed E-state index contributed by atoms with van der Waals surface area (Å²) in [6.07, 6.45) is 3.61. The summed E-state index contributed by atoms with van der Waals surface area (Å²) in [5.41, 5.74) is 0.928. The van der Waals surface area contributed by atoms with E-state index in [4.69, 9.17) is 14.2 Å². The van der Waals surface area contributed by atoms with Gasteiger partial charge in [-0.1, -0.05) is 0 Å². The molecule has 0 aliphatic heterocycles. The maximum atomic E-state index is 11.3. The van der Waals surface area contributed by atoms with E-state index in [1.54, 1.807) is 19.1 Å². The minimum atomic E-state index is -0.386. The van der Waals surface area contributed by atoms with Crippen LogP contribution in [0.3, 0.4) is 0 Å². The molecule has 0 N–H and O–H groups in total. The molecule has 0 atom stereocenters. The minimum absolute atomic E-state index is 0.350. The molecule has 0 spiro atoms. The van der Waals surface area contributed by atoms with E-state index >= 15 is 0 Å². The van der Waals surface area contributed by atoms with Gasteiger partial charge >= 0.3 is 5.97 Å². The quantitative estimate of drug-likeness (QED) is 0.481. The summed E-state index contributed by atoms with van der Waals surface area (Å²) in [4.78, 5) is 29.3. The van der Waals surface area contributed by atoms with Crippen molar-refractivity contribution in [3.63, 3.8) is 0 Å². The lowest BCUT2D eigenvalue weighted by Crippen LogP contribution is -2.05. The summed E-state index contributed by atoms with van der Waals surface area (Å²) < 4.78 is 15.9. The van der Waals surface area contributed by atoms with E-state index in [2.05, 4.69) is 41.8 Å². The molecular formula is C16H16Br2N2O5. The van der Waals surface area contributed by atoms with Crippen LogP contribution in [0, 0.1) is 0 Å². The molecule has 2 aromatic heterocycles. The average molecular weight is 476 g/mol. The Morgan fingerprint density at radius 1 is 1.08 bits per heavy atom. The third-order valence-electron chi connectivity index (χ3n) is 2.67. The normalized spacial score (nSPS) is 9.48. The van der Waals surface area contributed by atoms with Crippen molar-refractivity contribution < 1.29 is 23.8 Å². The van der Waals surface area contributed by atoms with Gasteiger partial charge in [0.25, 0.3) is 0 Å². The minimum Gasteiger partial charge on any atom is -0.480 e. The van der Waals surface area contributed by atoms with Crippen LogP contribution in [0.1, 0.15) is 27.6 Å². The number of carbonyl (C=O) groups is 2. The molecule has 25 heavy (non-hydrogen) atoms. The van der Waals surface area contributed by atoms with E-state index in [9.17, 15) is 9.59 Å². The number of pyridine rings is 2. The van der Waals surface area contributed by atoms with Crippen LogP contribution in [0.4, 0.5) is 0 Å². The molecule has 0 radical (unpaired) electrons. The fraction of sp³-hybridized carbons (Fsp3) is 0.250. The Morgan fingerprint density at radius 3 is 2.08 bits per heavy atom. The first-order valence-electron chi connectivity index (χ1n) is 6.98. The summed E-state index contributed by atoms with van der Waals surface area (Å²) in [6.45, 7) is 2.10. The van der Waals surface area contributed by atoms with Gasteiger partial charge in [0.1, 0.15) is 0 Å². The molecule has 0 unspecified atom stereocenters. The van der Waals surface area contributed by atoms with E-state index in [0.717, 1.165) is 6.29 Å². The number of aromatic nitrogens is 2. The van der Waals surface area contributed by atoms with Crippen molar-refractivity contribution in [2.75, 3.05) is 20.8 Å². The number of halogens is 2. The number of carbonyl (C=O) groups excluding carboxylic acids is 2. The molecule has 2 rings (SSSR count). The Hall–Kier alpha value is -2.00. The Bertz CT molecular complexity index is 740. The van der Waals surface area contributed by atoms with E-state index in [0.29, 0.717) is 38.4 Å². The molecule has 0 saturated carbocycles. The van der Waals surface area contributed by atoms with E-state index in [-0.39, 0.29) is 5.97 Å². The molecule has 2 heterocycles. The number of ether oxygens (including phenoxy) is 3. The van der Waals surface area contributed by atoms with Gasteiger partial charge in [-0.05, 0) is 50.9 Å². The van der Waals surface area contributed by atoms with Gasteiger partial charge in [-0.25, -0.2) is 14.8 Å². The predicted octanol–water partition coefficient (Wildman–Crippen LogP) is 3.69. The molecule has 0 aliphatic rings. The highest BCUT2D eigenvalue weighted by Gasteiger charge is 2.10. The van der Waals surface area contributed by atoms with Crippen LogP contribution in [0.15, 0.2) is 33.5 Å². The first-order valence-corrected chi connectivity index (χ1v) is 8.56. The predicted molar refractivity (Wildman–Crippen MR) is 98.3 cm³/mol. The van der Waals surface area contributed by atoms with Crippen LogP contribution in [-0.2, 0) is 4.74 Å². The highest BCUT2D eigenvalue weighted by molar-refractivity contribution is 9.10. The Kier molecular flexibility index (Phi) is 9.07. The van der Waals surface area contributed by atoms with Crippen LogP contribution in [0.25, 0.3) is 0 Å². The second-order valence-corrected chi connectivity index (χ2v) is 6.02. The summed E-state index contributed by atoms with van der Waals surface area (Å²) >= 11 is 6.43. The van der Waals surface area contributed by atoms with Crippen LogP contribution in [-0.4, -0.2) is 43.0 Å². The van der Waals surface area contributed by atoms with Gasteiger partial charge < -0.3 is 14.2 Å². The van der Waals surface area contributed by atoms with Gasteiger partial charge in [-0.2, -0.15) is 0 Å². The highest BCUT2D eigenvalue weighted by Crippen LogP contribution is 2.23. The zero-order valence-electron chi connectivity index (χ0n) is 13.8. The molecule has 0 bridgehead atoms. The fourth-order valence-electron chi connectivity index (χ4n) is 1.56. The monoisotopic (exact) mass is 474 g/mol. The summed E-state index contributed by atoms with van der Waals surface area (Å²) in [5.74, 6) is 0.539. The van der Waals surface area contributed by atoms with Gasteiger partial charge in [0.2, 0.25) is 11.8 Å². The molecule has 0 fully saturated rings. The Balaban J connectivity index is 0.000000257. The number of esters is 1. The molecule has 0 aromatic carbocycles. The van der Waals surface area contributed by atoms with Gasteiger partial charge in [0, 0.05) is 18.0 Å². The molecule has 2 aromatic rings. The highest BCUT2D eigenvalue weighted by atomic mass is 79.9. The second kappa shape index (κ2) is 10.8. The molecule has 0 saturated heterocycles. The SMILES string of the molecule is CCOC(=O)c1cnc(OC)c(Br)c1.COc1ncc(C=O)cc1Br. The first kappa shape index (κ1) is 21.0. The van der Waals surface area contributed by atoms with Gasteiger partial charge in [0.15, 0.2) is 6.29 Å². The van der Waals surface area contributed by atoms with E-state index < -0.39 is 0 Å². The summed E-state index contributed by atoms with van der Waals surface area (Å²) in [5, 5.41) is 0. The van der Waals surface area contributed by atoms with Crippen LogP contribution in [0.5, 0.6) is 11.8 Å². The molecule has 0 aliphatic carbocycles. The summed E-state index contributed by atoms with van der Waals surface area (Å²) in [7, 11) is 3.03. The second-order valence-electron chi connectivity index (χ2n) is 4.31. The number of aldehydes is 1. The smallest absolute Gasteiger partial charge is 0.339 e. The van der Waals surface area contributed by atoms with Gasteiger partial charge in [-0.3, -0.25) is 4.79 Å². The van der Waals surface area contributed by atoms with Crippen molar-refractivity contribution in [1.29, 1.82) is 0 Å². The molecule has 9 heteroatoms. The Morgan fingerprint density at radius 2 is 1.64 bits per heavy atom. The average Bonchev–Trinajstić information content (AvgIpc) is 2.62. The third-order valence-corrected chi connectivity index (χ3v) is 3.81. The number of methoxy groups -OCH3 is 2. The zero-order chi connectivity index (χ0) is 18.8. The van der Waals surface area contributed by atoms with Crippen molar-refractivity contribution in [3.8, 4) is 11.8 Å². The lowest BCUT2D eigenvalue weighted by molar-refractivity contribution is 0.0525. The van der Waals surface area contributed by atoms with Crippen LogP contribution < -0.4 is 9.47 Å². The van der Waals surface area contributed by atoms with Crippen molar-refractivity contribution >= 4 is 44.1 Å². The van der Waals surface area contributed by atoms with E-state index in [1.165, 1.54) is 26.6 Å². The molecule has 134 valence electrons. The maximum Gasteiger partial charge on any atom is 0.339 e. The van der Waals surface area contributed by atoms with Crippen molar-refractivity contribution in [2.45, 2.75) is 6.92 Å².